The zero-order valence-electron chi connectivity index (χ0n) is 15.1. The maximum atomic E-state index is 12.3. The number of carbonyl (C=O) groups is 1. The Morgan fingerprint density at radius 2 is 1.96 bits per heavy atom. The lowest BCUT2D eigenvalue weighted by Gasteiger charge is -2.23. The molecule has 25 heavy (non-hydrogen) atoms. The molecule has 0 saturated carbocycles. The molecule has 1 amide bonds. The van der Waals surface area contributed by atoms with Crippen molar-refractivity contribution in [2.75, 3.05) is 11.9 Å². The highest BCUT2D eigenvalue weighted by Crippen LogP contribution is 2.35. The quantitative estimate of drug-likeness (QED) is 0.885. The van der Waals surface area contributed by atoms with Crippen LogP contribution in [-0.2, 0) is 11.2 Å². The number of aliphatic hydroxyl groups excluding tert-OH is 1. The number of amides is 1. The third-order valence-corrected chi connectivity index (χ3v) is 4.73. The average Bonchev–Trinajstić information content (AvgIpc) is 2.56. The summed E-state index contributed by atoms with van der Waals surface area (Å²) in [5, 5.41) is 13.1. The van der Waals surface area contributed by atoms with Crippen molar-refractivity contribution < 1.29 is 14.6 Å². The standard InChI is InChI=1S/C21H25NO3/c1-13-10-14(2)21(15(3)11-13)22-20(24)12-25-19-9-5-6-16-17(19)7-4-8-18(16)23/h5-6,9-11,18,23H,4,7-8,12H2,1-3H3,(H,22,24). The summed E-state index contributed by atoms with van der Waals surface area (Å²) in [6, 6.07) is 9.78. The molecule has 4 nitrogen and oxygen atoms in total. The summed E-state index contributed by atoms with van der Waals surface area (Å²) >= 11 is 0. The minimum atomic E-state index is -0.431. The first-order valence-corrected chi connectivity index (χ1v) is 8.76. The normalized spacial score (nSPS) is 16.2. The molecule has 0 saturated heterocycles. The highest BCUT2D eigenvalue weighted by atomic mass is 16.5. The molecule has 2 aromatic rings. The minimum absolute atomic E-state index is 0.0424. The van der Waals surface area contributed by atoms with Crippen LogP contribution in [0.4, 0.5) is 5.69 Å². The number of hydrogen-bond donors (Lipinski definition) is 2. The van der Waals surface area contributed by atoms with Gasteiger partial charge >= 0.3 is 0 Å². The maximum absolute atomic E-state index is 12.3. The molecule has 0 aliphatic heterocycles. The Kier molecular flexibility index (Phi) is 5.09. The predicted octanol–water partition coefficient (Wildman–Crippen LogP) is 4.00. The van der Waals surface area contributed by atoms with E-state index in [9.17, 15) is 9.90 Å². The fourth-order valence-electron chi connectivity index (χ4n) is 3.62. The van der Waals surface area contributed by atoms with E-state index in [-0.39, 0.29) is 12.5 Å². The number of benzene rings is 2. The van der Waals surface area contributed by atoms with Gasteiger partial charge in [0.25, 0.3) is 5.91 Å². The third-order valence-electron chi connectivity index (χ3n) is 4.73. The van der Waals surface area contributed by atoms with Crippen LogP contribution in [0.1, 0.15) is 46.8 Å². The maximum Gasteiger partial charge on any atom is 0.262 e. The van der Waals surface area contributed by atoms with Gasteiger partial charge in [0.1, 0.15) is 5.75 Å². The lowest BCUT2D eigenvalue weighted by Crippen LogP contribution is -2.22. The number of nitrogens with one attached hydrogen (secondary N) is 1. The van der Waals surface area contributed by atoms with Crippen molar-refractivity contribution in [2.45, 2.75) is 46.1 Å². The van der Waals surface area contributed by atoms with E-state index in [0.717, 1.165) is 47.2 Å². The van der Waals surface area contributed by atoms with E-state index in [4.69, 9.17) is 4.74 Å². The Morgan fingerprint density at radius 1 is 1.24 bits per heavy atom. The van der Waals surface area contributed by atoms with Crippen LogP contribution in [0.3, 0.4) is 0 Å². The molecule has 1 unspecified atom stereocenters. The summed E-state index contributed by atoms with van der Waals surface area (Å²) in [6.07, 6.45) is 2.16. The summed E-state index contributed by atoms with van der Waals surface area (Å²) in [5.74, 6) is 0.521. The second-order valence-corrected chi connectivity index (χ2v) is 6.84. The molecule has 0 aromatic heterocycles. The van der Waals surface area contributed by atoms with E-state index in [2.05, 4.69) is 17.4 Å². The van der Waals surface area contributed by atoms with Crippen LogP contribution in [-0.4, -0.2) is 17.6 Å². The number of carbonyl (C=O) groups excluding carboxylic acids is 1. The number of fused-ring (bicyclic) bond motifs is 1. The molecule has 0 radical (unpaired) electrons. The van der Waals surface area contributed by atoms with Gasteiger partial charge in [-0.2, -0.15) is 0 Å². The number of ether oxygens (including phenoxy) is 1. The van der Waals surface area contributed by atoms with Crippen LogP contribution >= 0.6 is 0 Å². The lowest BCUT2D eigenvalue weighted by atomic mass is 9.89. The van der Waals surface area contributed by atoms with Gasteiger partial charge in [-0.05, 0) is 68.4 Å². The van der Waals surface area contributed by atoms with Crippen LogP contribution in [0, 0.1) is 20.8 Å². The lowest BCUT2D eigenvalue weighted by molar-refractivity contribution is -0.118. The molecular formula is C21H25NO3. The molecule has 3 rings (SSSR count). The highest BCUT2D eigenvalue weighted by molar-refractivity contribution is 5.93. The molecule has 2 aromatic carbocycles. The van der Waals surface area contributed by atoms with Crippen molar-refractivity contribution in [3.05, 3.63) is 58.1 Å². The Labute approximate surface area is 148 Å². The van der Waals surface area contributed by atoms with Crippen molar-refractivity contribution >= 4 is 11.6 Å². The van der Waals surface area contributed by atoms with E-state index in [0.29, 0.717) is 5.75 Å². The van der Waals surface area contributed by atoms with Crippen molar-refractivity contribution in [1.82, 2.24) is 0 Å². The van der Waals surface area contributed by atoms with Gasteiger partial charge in [0.05, 0.1) is 6.10 Å². The van der Waals surface area contributed by atoms with Crippen molar-refractivity contribution in [2.24, 2.45) is 0 Å². The predicted molar refractivity (Wildman–Crippen MR) is 99.1 cm³/mol. The molecule has 0 bridgehead atoms. The monoisotopic (exact) mass is 339 g/mol. The summed E-state index contributed by atoms with van der Waals surface area (Å²) in [7, 11) is 0. The van der Waals surface area contributed by atoms with Crippen LogP contribution in [0.25, 0.3) is 0 Å². The van der Waals surface area contributed by atoms with Gasteiger partial charge < -0.3 is 15.2 Å². The molecule has 0 spiro atoms. The highest BCUT2D eigenvalue weighted by Gasteiger charge is 2.21. The first-order chi connectivity index (χ1) is 12.0. The van der Waals surface area contributed by atoms with E-state index in [1.165, 1.54) is 5.56 Å². The topological polar surface area (TPSA) is 58.6 Å². The fraction of sp³-hybridized carbons (Fsp3) is 0.381. The molecular weight excluding hydrogens is 314 g/mol. The second-order valence-electron chi connectivity index (χ2n) is 6.84. The number of rotatable bonds is 4. The Morgan fingerprint density at radius 3 is 2.68 bits per heavy atom. The van der Waals surface area contributed by atoms with E-state index in [1.54, 1.807) is 0 Å². The van der Waals surface area contributed by atoms with Gasteiger partial charge in [-0.25, -0.2) is 0 Å². The van der Waals surface area contributed by atoms with Gasteiger partial charge in [0.15, 0.2) is 6.61 Å². The number of aryl methyl sites for hydroxylation is 3. The van der Waals surface area contributed by atoms with Crippen LogP contribution < -0.4 is 10.1 Å². The smallest absolute Gasteiger partial charge is 0.262 e. The van der Waals surface area contributed by atoms with E-state index < -0.39 is 6.10 Å². The van der Waals surface area contributed by atoms with Crippen molar-refractivity contribution in [1.29, 1.82) is 0 Å². The zero-order chi connectivity index (χ0) is 18.0. The Balaban J connectivity index is 1.69. The van der Waals surface area contributed by atoms with Gasteiger partial charge in [0, 0.05) is 5.69 Å². The molecule has 0 heterocycles. The Hall–Kier alpha value is -2.33. The zero-order valence-corrected chi connectivity index (χ0v) is 15.1. The van der Waals surface area contributed by atoms with E-state index >= 15 is 0 Å². The third kappa shape index (κ3) is 3.85. The first-order valence-electron chi connectivity index (χ1n) is 8.76. The van der Waals surface area contributed by atoms with Crippen molar-refractivity contribution in [3.8, 4) is 5.75 Å². The van der Waals surface area contributed by atoms with Crippen LogP contribution in [0.5, 0.6) is 5.75 Å². The summed E-state index contributed by atoms with van der Waals surface area (Å²) in [6.45, 7) is 5.98. The first kappa shape index (κ1) is 17.5. The van der Waals surface area contributed by atoms with Crippen LogP contribution in [0.15, 0.2) is 30.3 Å². The Bertz CT molecular complexity index is 775. The number of hydrogen-bond acceptors (Lipinski definition) is 3. The number of aliphatic hydroxyl groups is 1. The molecule has 132 valence electrons. The molecule has 1 atom stereocenters. The molecule has 1 aliphatic carbocycles. The van der Waals surface area contributed by atoms with Gasteiger partial charge in [-0.1, -0.05) is 29.8 Å². The minimum Gasteiger partial charge on any atom is -0.483 e. The second kappa shape index (κ2) is 7.28. The summed E-state index contributed by atoms with van der Waals surface area (Å²) < 4.78 is 5.77. The van der Waals surface area contributed by atoms with Gasteiger partial charge in [0.2, 0.25) is 0 Å². The molecule has 0 fully saturated rings. The summed E-state index contributed by atoms with van der Waals surface area (Å²) in [5.41, 5.74) is 6.08. The van der Waals surface area contributed by atoms with Crippen molar-refractivity contribution in [3.63, 3.8) is 0 Å². The van der Waals surface area contributed by atoms with Gasteiger partial charge in [-0.3, -0.25) is 4.79 Å². The van der Waals surface area contributed by atoms with E-state index in [1.807, 2.05) is 39.0 Å². The fourth-order valence-corrected chi connectivity index (χ4v) is 3.62. The average molecular weight is 339 g/mol. The molecule has 2 N–H and O–H groups in total. The SMILES string of the molecule is Cc1cc(C)c(NC(=O)COc2cccc3c2CCCC3O)c(C)c1. The largest absolute Gasteiger partial charge is 0.483 e. The van der Waals surface area contributed by atoms with Gasteiger partial charge in [-0.15, -0.1) is 0 Å². The summed E-state index contributed by atoms with van der Waals surface area (Å²) in [4.78, 5) is 12.3. The molecule has 1 aliphatic rings. The molecule has 4 heteroatoms. The van der Waals surface area contributed by atoms with Crippen LogP contribution in [0.2, 0.25) is 0 Å². The number of anilines is 1.